The van der Waals surface area contributed by atoms with Gasteiger partial charge in [-0.1, -0.05) is 44.2 Å². The van der Waals surface area contributed by atoms with Gasteiger partial charge in [0.25, 0.3) is 0 Å². The number of benzene rings is 1. The number of aliphatic imine (C=N–C) groups is 1. The molecule has 0 saturated carbocycles. The SMILES string of the molecule is C=CC(=O)/C=C1/Sc2cc(C(CN)CCCC)ccc2N=C1C. The number of rotatable bonds is 7. The summed E-state index contributed by atoms with van der Waals surface area (Å²) in [6.45, 7) is 8.29. The van der Waals surface area contributed by atoms with Crippen molar-refractivity contribution in [2.24, 2.45) is 10.7 Å². The molecule has 0 saturated heterocycles. The van der Waals surface area contributed by atoms with Crippen molar-refractivity contribution in [1.82, 2.24) is 0 Å². The number of hydrogen-bond donors (Lipinski definition) is 1. The van der Waals surface area contributed by atoms with E-state index >= 15 is 0 Å². The molecule has 23 heavy (non-hydrogen) atoms. The van der Waals surface area contributed by atoms with Crippen LogP contribution in [0.5, 0.6) is 0 Å². The lowest BCUT2D eigenvalue weighted by molar-refractivity contribution is -0.110. The van der Waals surface area contributed by atoms with Crippen molar-refractivity contribution in [3.05, 3.63) is 47.4 Å². The number of ketones is 1. The Morgan fingerprint density at radius 3 is 2.91 bits per heavy atom. The fraction of sp³-hybridized carbons (Fsp3) is 0.368. The smallest absolute Gasteiger partial charge is 0.179 e. The highest BCUT2D eigenvalue weighted by Gasteiger charge is 2.18. The van der Waals surface area contributed by atoms with Gasteiger partial charge in [0.05, 0.1) is 11.4 Å². The molecule has 122 valence electrons. The summed E-state index contributed by atoms with van der Waals surface area (Å²) in [5.74, 6) is 0.291. The molecular formula is C19H24N2OS. The Morgan fingerprint density at radius 2 is 2.26 bits per heavy atom. The topological polar surface area (TPSA) is 55.5 Å². The summed E-state index contributed by atoms with van der Waals surface area (Å²) in [5, 5.41) is 0. The molecule has 1 aliphatic heterocycles. The average Bonchev–Trinajstić information content (AvgIpc) is 2.56. The van der Waals surface area contributed by atoms with E-state index < -0.39 is 0 Å². The van der Waals surface area contributed by atoms with Gasteiger partial charge in [0, 0.05) is 15.9 Å². The summed E-state index contributed by atoms with van der Waals surface area (Å²) in [6.07, 6.45) is 6.39. The van der Waals surface area contributed by atoms with Gasteiger partial charge in [-0.15, -0.1) is 0 Å². The summed E-state index contributed by atoms with van der Waals surface area (Å²) < 4.78 is 0. The minimum atomic E-state index is -0.0931. The van der Waals surface area contributed by atoms with Gasteiger partial charge in [-0.2, -0.15) is 0 Å². The molecule has 2 N–H and O–H groups in total. The predicted molar refractivity (Wildman–Crippen MR) is 99.7 cm³/mol. The van der Waals surface area contributed by atoms with E-state index in [1.54, 1.807) is 17.8 Å². The van der Waals surface area contributed by atoms with Gasteiger partial charge >= 0.3 is 0 Å². The Balaban J connectivity index is 2.30. The normalized spacial score (nSPS) is 16.7. The molecule has 0 aromatic heterocycles. The summed E-state index contributed by atoms with van der Waals surface area (Å²) in [5.41, 5.74) is 9.04. The third-order valence-electron chi connectivity index (χ3n) is 3.99. The van der Waals surface area contributed by atoms with Crippen molar-refractivity contribution in [1.29, 1.82) is 0 Å². The zero-order valence-corrected chi connectivity index (χ0v) is 14.7. The van der Waals surface area contributed by atoms with Crippen molar-refractivity contribution in [3.8, 4) is 0 Å². The Labute approximate surface area is 142 Å². The first-order valence-corrected chi connectivity index (χ1v) is 8.86. The van der Waals surface area contributed by atoms with E-state index in [1.165, 1.54) is 24.5 Å². The predicted octanol–water partition coefficient (Wildman–Crippen LogP) is 4.76. The molecule has 0 aliphatic carbocycles. The highest BCUT2D eigenvalue weighted by molar-refractivity contribution is 8.04. The molecule has 0 radical (unpaired) electrons. The van der Waals surface area contributed by atoms with E-state index in [1.807, 2.05) is 6.92 Å². The standard InChI is InChI=1S/C19H24N2OS/c1-4-6-7-15(12-20)14-8-9-17-19(10-14)23-18(13(3)21-17)11-16(22)5-2/h5,8-11,15H,2,4,6-7,12,20H2,1,3H3/b18-11+. The van der Waals surface area contributed by atoms with E-state index in [0.29, 0.717) is 12.5 Å². The monoisotopic (exact) mass is 328 g/mol. The number of carbonyl (C=O) groups excluding carboxylic acids is 1. The van der Waals surface area contributed by atoms with E-state index in [9.17, 15) is 4.79 Å². The number of nitrogens with zero attached hydrogens (tertiary/aromatic N) is 1. The molecule has 0 amide bonds. The van der Waals surface area contributed by atoms with Crippen molar-refractivity contribution in [3.63, 3.8) is 0 Å². The van der Waals surface area contributed by atoms with E-state index in [-0.39, 0.29) is 5.78 Å². The molecule has 0 bridgehead atoms. The fourth-order valence-electron chi connectivity index (χ4n) is 2.58. The molecule has 1 atom stereocenters. The largest absolute Gasteiger partial charge is 0.330 e. The number of allylic oxidation sites excluding steroid dienone is 3. The Bertz CT molecular complexity index is 661. The second-order valence-corrected chi connectivity index (χ2v) is 6.80. The first-order chi connectivity index (χ1) is 11.1. The lowest BCUT2D eigenvalue weighted by Crippen LogP contribution is -2.12. The zero-order valence-electron chi connectivity index (χ0n) is 13.8. The summed E-state index contributed by atoms with van der Waals surface area (Å²) in [4.78, 5) is 18.2. The molecule has 4 heteroatoms. The fourth-order valence-corrected chi connectivity index (χ4v) is 3.60. The number of carbonyl (C=O) groups is 1. The Kier molecular flexibility index (Phi) is 6.37. The number of hydrogen-bond acceptors (Lipinski definition) is 4. The highest BCUT2D eigenvalue weighted by atomic mass is 32.2. The van der Waals surface area contributed by atoms with Crippen LogP contribution in [0.3, 0.4) is 0 Å². The zero-order chi connectivity index (χ0) is 16.8. The van der Waals surface area contributed by atoms with Gasteiger partial charge in [-0.05, 0) is 49.6 Å². The van der Waals surface area contributed by atoms with Crippen LogP contribution in [-0.2, 0) is 4.79 Å². The molecule has 0 fully saturated rings. The lowest BCUT2D eigenvalue weighted by Gasteiger charge is -2.20. The molecule has 1 aromatic rings. The summed E-state index contributed by atoms with van der Waals surface area (Å²) in [7, 11) is 0. The van der Waals surface area contributed by atoms with Gasteiger partial charge < -0.3 is 5.73 Å². The minimum absolute atomic E-state index is 0.0931. The van der Waals surface area contributed by atoms with Gasteiger partial charge in [-0.3, -0.25) is 9.79 Å². The van der Waals surface area contributed by atoms with Crippen LogP contribution in [0.25, 0.3) is 0 Å². The maximum absolute atomic E-state index is 11.6. The quantitative estimate of drug-likeness (QED) is 0.734. The Morgan fingerprint density at radius 1 is 1.48 bits per heavy atom. The van der Waals surface area contributed by atoms with E-state index in [4.69, 9.17) is 5.73 Å². The third kappa shape index (κ3) is 4.43. The van der Waals surface area contributed by atoms with Crippen LogP contribution in [0.4, 0.5) is 5.69 Å². The van der Waals surface area contributed by atoms with Crippen molar-refractivity contribution < 1.29 is 4.79 Å². The van der Waals surface area contributed by atoms with Gasteiger partial charge in [-0.25, -0.2) is 0 Å². The molecule has 1 unspecified atom stereocenters. The number of thioether (sulfide) groups is 1. The van der Waals surface area contributed by atoms with Crippen LogP contribution in [0.15, 0.2) is 51.7 Å². The molecule has 3 nitrogen and oxygen atoms in total. The van der Waals surface area contributed by atoms with Crippen molar-refractivity contribution in [2.45, 2.75) is 43.9 Å². The van der Waals surface area contributed by atoms with Crippen molar-refractivity contribution >= 4 is 28.9 Å². The summed E-state index contributed by atoms with van der Waals surface area (Å²) in [6, 6.07) is 6.37. The van der Waals surface area contributed by atoms with Crippen LogP contribution < -0.4 is 5.73 Å². The molecule has 1 heterocycles. The highest BCUT2D eigenvalue weighted by Crippen LogP contribution is 2.41. The molecule has 1 aliphatic rings. The minimum Gasteiger partial charge on any atom is -0.330 e. The van der Waals surface area contributed by atoms with Crippen molar-refractivity contribution in [2.75, 3.05) is 6.54 Å². The first kappa shape index (κ1) is 17.7. The average molecular weight is 328 g/mol. The van der Waals surface area contributed by atoms with E-state index in [0.717, 1.165) is 27.6 Å². The number of fused-ring (bicyclic) bond motifs is 1. The van der Waals surface area contributed by atoms with Crippen LogP contribution in [-0.4, -0.2) is 18.0 Å². The van der Waals surface area contributed by atoms with Gasteiger partial charge in [0.1, 0.15) is 0 Å². The number of unbranched alkanes of at least 4 members (excludes halogenated alkanes) is 1. The lowest BCUT2D eigenvalue weighted by atomic mass is 9.93. The maximum atomic E-state index is 11.6. The molecular weight excluding hydrogens is 304 g/mol. The van der Waals surface area contributed by atoms with Crippen LogP contribution in [0.2, 0.25) is 0 Å². The second-order valence-electron chi connectivity index (χ2n) is 5.72. The van der Waals surface area contributed by atoms with Crippen LogP contribution >= 0.6 is 11.8 Å². The Hall–Kier alpha value is -1.65. The van der Waals surface area contributed by atoms with E-state index in [2.05, 4.69) is 36.7 Å². The maximum Gasteiger partial charge on any atom is 0.179 e. The van der Waals surface area contributed by atoms with Crippen LogP contribution in [0, 0.1) is 0 Å². The molecule has 1 aromatic carbocycles. The van der Waals surface area contributed by atoms with Crippen LogP contribution in [0.1, 0.15) is 44.6 Å². The van der Waals surface area contributed by atoms with Gasteiger partial charge in [0.2, 0.25) is 0 Å². The second kappa shape index (κ2) is 8.27. The third-order valence-corrected chi connectivity index (χ3v) is 5.17. The molecule has 0 spiro atoms. The van der Waals surface area contributed by atoms with Gasteiger partial charge in [0.15, 0.2) is 5.78 Å². The first-order valence-electron chi connectivity index (χ1n) is 8.04. The number of nitrogens with two attached hydrogens (primary N) is 1. The molecule has 2 rings (SSSR count). The summed E-state index contributed by atoms with van der Waals surface area (Å²) >= 11 is 1.60.